The topological polar surface area (TPSA) is 78.5 Å². The molecule has 0 aromatic rings. The van der Waals surface area contributed by atoms with Gasteiger partial charge >= 0.3 is 0 Å². The Hall–Kier alpha value is -0.460. The first-order valence-corrected chi connectivity index (χ1v) is 6.70. The Balaban J connectivity index is 2.03. The van der Waals surface area contributed by atoms with E-state index in [1.54, 1.807) is 0 Å². The van der Waals surface area contributed by atoms with Gasteiger partial charge in [0, 0.05) is 12.5 Å². The molecule has 1 atom stereocenters. The highest BCUT2D eigenvalue weighted by Crippen LogP contribution is 2.23. The van der Waals surface area contributed by atoms with Gasteiger partial charge in [-0.05, 0) is 19.3 Å². The first-order valence-electron chi connectivity index (χ1n) is 5.70. The highest BCUT2D eigenvalue weighted by molar-refractivity contribution is 7.74. The number of hydrogen-bond acceptors (Lipinski definition) is 4. The van der Waals surface area contributed by atoms with Crippen LogP contribution in [0.4, 0.5) is 0 Å². The van der Waals surface area contributed by atoms with Crippen LogP contribution in [0.5, 0.6) is 0 Å². The van der Waals surface area contributed by atoms with Crippen molar-refractivity contribution in [3.63, 3.8) is 0 Å². The zero-order chi connectivity index (χ0) is 11.8. The van der Waals surface area contributed by atoms with E-state index in [4.69, 9.17) is 0 Å². The first-order chi connectivity index (χ1) is 7.70. The van der Waals surface area contributed by atoms with Gasteiger partial charge in [0.1, 0.15) is 0 Å². The molecule has 0 aliphatic heterocycles. The van der Waals surface area contributed by atoms with Crippen molar-refractivity contribution in [2.24, 2.45) is 5.92 Å². The second-order valence-corrected chi connectivity index (χ2v) is 4.65. The molecule has 1 aliphatic carbocycles. The van der Waals surface area contributed by atoms with Gasteiger partial charge in [0.2, 0.25) is 5.91 Å². The SMILES string of the molecule is O=C(NCCCOS(=O)[O-])C1CCCCC1. The third kappa shape index (κ3) is 5.58. The van der Waals surface area contributed by atoms with E-state index in [-0.39, 0.29) is 18.4 Å². The van der Waals surface area contributed by atoms with Crippen molar-refractivity contribution in [1.29, 1.82) is 0 Å². The highest BCUT2D eigenvalue weighted by atomic mass is 32.2. The predicted molar refractivity (Wildman–Crippen MR) is 59.1 cm³/mol. The maximum absolute atomic E-state index is 11.6. The van der Waals surface area contributed by atoms with Gasteiger partial charge in [-0.25, -0.2) is 4.21 Å². The zero-order valence-electron chi connectivity index (χ0n) is 9.28. The summed E-state index contributed by atoms with van der Waals surface area (Å²) < 4.78 is 24.4. The molecule has 1 aliphatic rings. The fourth-order valence-electron chi connectivity index (χ4n) is 1.92. The van der Waals surface area contributed by atoms with E-state index >= 15 is 0 Å². The van der Waals surface area contributed by atoms with Crippen LogP contribution in [0.25, 0.3) is 0 Å². The Labute approximate surface area is 98.4 Å². The van der Waals surface area contributed by atoms with Gasteiger partial charge in [-0.3, -0.25) is 4.79 Å². The van der Waals surface area contributed by atoms with Crippen LogP contribution in [-0.4, -0.2) is 27.8 Å². The van der Waals surface area contributed by atoms with Crippen LogP contribution in [0.1, 0.15) is 38.5 Å². The summed E-state index contributed by atoms with van der Waals surface area (Å²) in [5, 5.41) is 2.81. The van der Waals surface area contributed by atoms with Gasteiger partial charge < -0.3 is 14.1 Å². The quantitative estimate of drug-likeness (QED) is 0.559. The Bertz CT molecular complexity index is 241. The second kappa shape index (κ2) is 7.76. The number of carbonyl (C=O) groups excluding carboxylic acids is 1. The summed E-state index contributed by atoms with van der Waals surface area (Å²) >= 11 is -2.45. The number of carbonyl (C=O) groups is 1. The summed E-state index contributed by atoms with van der Waals surface area (Å²) in [4.78, 5) is 11.6. The molecule has 0 aromatic carbocycles. The molecule has 1 N–H and O–H groups in total. The summed E-state index contributed by atoms with van der Waals surface area (Å²) in [6.45, 7) is 0.605. The molecule has 0 heterocycles. The first kappa shape index (κ1) is 13.6. The van der Waals surface area contributed by atoms with E-state index in [9.17, 15) is 13.6 Å². The Morgan fingerprint density at radius 2 is 2.06 bits per heavy atom. The van der Waals surface area contributed by atoms with Crippen molar-refractivity contribution in [3.05, 3.63) is 0 Å². The normalized spacial score (nSPS) is 19.3. The number of rotatable bonds is 6. The van der Waals surface area contributed by atoms with Crippen LogP contribution < -0.4 is 5.32 Å². The van der Waals surface area contributed by atoms with E-state index in [0.29, 0.717) is 13.0 Å². The maximum atomic E-state index is 11.6. The second-order valence-electron chi connectivity index (χ2n) is 4.01. The van der Waals surface area contributed by atoms with Gasteiger partial charge in [0.15, 0.2) is 0 Å². The minimum atomic E-state index is -2.45. The Morgan fingerprint density at radius 1 is 1.38 bits per heavy atom. The van der Waals surface area contributed by atoms with Gasteiger partial charge in [-0.1, -0.05) is 19.3 Å². The average Bonchev–Trinajstić information content (AvgIpc) is 2.29. The molecule has 0 radical (unpaired) electrons. The van der Waals surface area contributed by atoms with Crippen molar-refractivity contribution in [1.82, 2.24) is 5.32 Å². The summed E-state index contributed by atoms with van der Waals surface area (Å²) in [6.07, 6.45) is 5.98. The molecule has 0 spiro atoms. The van der Waals surface area contributed by atoms with Crippen molar-refractivity contribution < 1.29 is 17.7 Å². The van der Waals surface area contributed by atoms with Crippen LogP contribution in [0, 0.1) is 5.92 Å². The predicted octanol–water partition coefficient (Wildman–Crippen LogP) is 0.884. The lowest BCUT2D eigenvalue weighted by Crippen LogP contribution is -2.33. The maximum Gasteiger partial charge on any atom is 0.223 e. The minimum absolute atomic E-state index is 0.0999. The molecule has 0 saturated heterocycles. The molecule has 5 nitrogen and oxygen atoms in total. The third-order valence-electron chi connectivity index (χ3n) is 2.78. The Kier molecular flexibility index (Phi) is 6.59. The van der Waals surface area contributed by atoms with E-state index in [2.05, 4.69) is 9.50 Å². The number of nitrogens with one attached hydrogen (secondary N) is 1. The molecule has 1 fully saturated rings. The minimum Gasteiger partial charge on any atom is -0.750 e. The molecule has 0 aromatic heterocycles. The smallest absolute Gasteiger partial charge is 0.223 e. The average molecular weight is 248 g/mol. The molecule has 1 saturated carbocycles. The van der Waals surface area contributed by atoms with Crippen molar-refractivity contribution in [2.45, 2.75) is 38.5 Å². The summed E-state index contributed by atoms with van der Waals surface area (Å²) in [5.74, 6) is 0.256. The van der Waals surface area contributed by atoms with Gasteiger partial charge in [0.25, 0.3) is 0 Å². The fourth-order valence-corrected chi connectivity index (χ4v) is 2.17. The van der Waals surface area contributed by atoms with E-state index in [1.165, 1.54) is 6.42 Å². The van der Waals surface area contributed by atoms with Crippen LogP contribution in [0.3, 0.4) is 0 Å². The molecule has 0 bridgehead atoms. The zero-order valence-corrected chi connectivity index (χ0v) is 10.1. The molecular formula is C10H18NO4S-. The molecule has 1 unspecified atom stereocenters. The van der Waals surface area contributed by atoms with Crippen molar-refractivity contribution >= 4 is 17.3 Å². The van der Waals surface area contributed by atoms with Gasteiger partial charge in [0.05, 0.1) is 18.0 Å². The van der Waals surface area contributed by atoms with Crippen LogP contribution >= 0.6 is 0 Å². The monoisotopic (exact) mass is 248 g/mol. The Morgan fingerprint density at radius 3 is 2.69 bits per heavy atom. The standard InChI is InChI=1S/C10H19NO4S/c12-10(9-5-2-1-3-6-9)11-7-4-8-15-16(13)14/h9H,1-8H2,(H,11,12)(H,13,14)/p-1. The number of amides is 1. The highest BCUT2D eigenvalue weighted by Gasteiger charge is 2.20. The molecule has 94 valence electrons. The third-order valence-corrected chi connectivity index (χ3v) is 3.13. The van der Waals surface area contributed by atoms with Crippen LogP contribution in [-0.2, 0) is 20.3 Å². The molecule has 16 heavy (non-hydrogen) atoms. The molecule has 1 amide bonds. The van der Waals surface area contributed by atoms with Crippen LogP contribution in [0.2, 0.25) is 0 Å². The number of hydrogen-bond donors (Lipinski definition) is 1. The summed E-state index contributed by atoms with van der Waals surface area (Å²) in [7, 11) is 0. The largest absolute Gasteiger partial charge is 0.750 e. The molecular weight excluding hydrogens is 230 g/mol. The van der Waals surface area contributed by atoms with Gasteiger partial charge in [-0.2, -0.15) is 0 Å². The van der Waals surface area contributed by atoms with Crippen LogP contribution in [0.15, 0.2) is 0 Å². The summed E-state index contributed by atoms with van der Waals surface area (Å²) in [6, 6.07) is 0. The van der Waals surface area contributed by atoms with Gasteiger partial charge in [-0.15, -0.1) is 0 Å². The van der Waals surface area contributed by atoms with E-state index in [0.717, 1.165) is 25.7 Å². The van der Waals surface area contributed by atoms with Crippen molar-refractivity contribution in [2.75, 3.05) is 13.2 Å². The lowest BCUT2D eigenvalue weighted by Gasteiger charge is -2.20. The lowest BCUT2D eigenvalue weighted by atomic mass is 9.89. The molecule has 6 heteroatoms. The summed E-state index contributed by atoms with van der Waals surface area (Å²) in [5.41, 5.74) is 0. The van der Waals surface area contributed by atoms with E-state index < -0.39 is 11.4 Å². The van der Waals surface area contributed by atoms with E-state index in [1.807, 2.05) is 0 Å². The molecule has 1 rings (SSSR count). The lowest BCUT2D eigenvalue weighted by molar-refractivity contribution is -0.125. The van der Waals surface area contributed by atoms with Crippen molar-refractivity contribution in [3.8, 4) is 0 Å². The fraction of sp³-hybridized carbons (Fsp3) is 0.900.